The van der Waals surface area contributed by atoms with Gasteiger partial charge in [-0.3, -0.25) is 34.6 Å². The Labute approximate surface area is 289 Å². The second kappa shape index (κ2) is 20.8. The van der Waals surface area contributed by atoms with Gasteiger partial charge in [0, 0.05) is 24.6 Å². The van der Waals surface area contributed by atoms with E-state index in [2.05, 4.69) is 0 Å². The summed E-state index contributed by atoms with van der Waals surface area (Å²) in [5.41, 5.74) is 0.440. The number of nitro benzene ring substituents is 2. The molecule has 2 aromatic carbocycles. The SMILES string of the molecule is C.Cc1cc([N+](=O)[O-])c(C(=O)N2CCCC[C@@H]2C(=O)CO)cc1CO.Cc1cc([N+](=O)[O-])c(C(=O)O)cc1CO.O=C(CO)C1CCCCC1. The summed E-state index contributed by atoms with van der Waals surface area (Å²) in [6.07, 6.45) is 7.45. The van der Waals surface area contributed by atoms with Crippen molar-refractivity contribution in [1.29, 1.82) is 0 Å². The quantitative estimate of drug-likeness (QED) is 0.174. The summed E-state index contributed by atoms with van der Waals surface area (Å²) in [6, 6.07) is 4.07. The molecule has 2 aromatic rings. The fraction of sp³-hybridized carbons (Fsp3) is 0.529. The Hall–Kier alpha value is -4.64. The summed E-state index contributed by atoms with van der Waals surface area (Å²) in [5, 5.41) is 66.5. The van der Waals surface area contributed by atoms with Gasteiger partial charge in [0.15, 0.2) is 11.6 Å². The third-order valence-corrected chi connectivity index (χ3v) is 8.61. The van der Waals surface area contributed by atoms with Crippen molar-refractivity contribution in [3.05, 3.63) is 77.9 Å². The van der Waals surface area contributed by atoms with E-state index in [4.69, 9.17) is 20.4 Å². The van der Waals surface area contributed by atoms with Crippen LogP contribution in [0, 0.1) is 40.0 Å². The lowest BCUT2D eigenvalue weighted by molar-refractivity contribution is -0.385. The van der Waals surface area contributed by atoms with Gasteiger partial charge in [-0.1, -0.05) is 26.7 Å². The van der Waals surface area contributed by atoms with Crippen LogP contribution in [0.25, 0.3) is 0 Å². The molecule has 1 aliphatic heterocycles. The Kier molecular flexibility index (Phi) is 18.0. The molecule has 0 bridgehead atoms. The van der Waals surface area contributed by atoms with Crippen LogP contribution in [0.5, 0.6) is 0 Å². The van der Waals surface area contributed by atoms with Crippen molar-refractivity contribution >= 4 is 34.8 Å². The van der Waals surface area contributed by atoms with Crippen LogP contribution < -0.4 is 0 Å². The van der Waals surface area contributed by atoms with E-state index < -0.39 is 51.4 Å². The number of ketones is 2. The lowest BCUT2D eigenvalue weighted by Crippen LogP contribution is -2.49. The van der Waals surface area contributed by atoms with Gasteiger partial charge in [-0.05, 0) is 80.3 Å². The second-order valence-electron chi connectivity index (χ2n) is 11.8. The smallest absolute Gasteiger partial charge is 0.342 e. The number of Topliss-reactive ketones (excluding diaryl/α,β-unsaturated/α-hetero) is 2. The average Bonchev–Trinajstić information content (AvgIpc) is 3.11. The Morgan fingerprint density at radius 2 is 1.18 bits per heavy atom. The maximum atomic E-state index is 12.8. The molecule has 1 saturated carbocycles. The first-order valence-corrected chi connectivity index (χ1v) is 15.8. The highest BCUT2D eigenvalue weighted by molar-refractivity contribution is 6.01. The lowest BCUT2D eigenvalue weighted by Gasteiger charge is -2.34. The fourth-order valence-electron chi connectivity index (χ4n) is 5.78. The minimum absolute atomic E-state index is 0. The molecule has 0 spiro atoms. The van der Waals surface area contributed by atoms with E-state index in [1.807, 2.05) is 0 Å². The number of aliphatic hydroxyl groups excluding tert-OH is 4. The Balaban J connectivity index is 0.000000410. The summed E-state index contributed by atoms with van der Waals surface area (Å²) >= 11 is 0. The van der Waals surface area contributed by atoms with E-state index in [1.54, 1.807) is 13.8 Å². The molecule has 2 aliphatic rings. The Morgan fingerprint density at radius 3 is 1.62 bits per heavy atom. The molecule has 1 heterocycles. The topological polar surface area (TPSA) is 259 Å². The Bertz CT molecular complexity index is 1540. The van der Waals surface area contributed by atoms with Gasteiger partial charge in [-0.2, -0.15) is 0 Å². The van der Waals surface area contributed by atoms with Crippen LogP contribution in [0.2, 0.25) is 0 Å². The number of aryl methyl sites for hydroxylation is 2. The Morgan fingerprint density at radius 1 is 0.720 bits per heavy atom. The zero-order chi connectivity index (χ0) is 36.8. The van der Waals surface area contributed by atoms with Gasteiger partial charge in [0.1, 0.15) is 24.3 Å². The fourth-order valence-corrected chi connectivity index (χ4v) is 5.78. The summed E-state index contributed by atoms with van der Waals surface area (Å²) in [4.78, 5) is 68.1. The predicted octanol–water partition coefficient (Wildman–Crippen LogP) is 3.81. The molecule has 2 fully saturated rings. The third kappa shape index (κ3) is 11.5. The molecule has 5 N–H and O–H groups in total. The first-order chi connectivity index (χ1) is 23.2. The number of carbonyl (C=O) groups excluding carboxylic acids is 3. The maximum Gasteiger partial charge on any atom is 0.342 e. The van der Waals surface area contributed by atoms with Crippen molar-refractivity contribution in [2.75, 3.05) is 19.8 Å². The van der Waals surface area contributed by atoms with Gasteiger partial charge in [0.2, 0.25) is 0 Å². The average molecular weight is 706 g/mol. The number of aromatic carboxylic acids is 1. The zero-order valence-electron chi connectivity index (χ0n) is 27.5. The number of aliphatic hydroxyl groups is 4. The number of hydrogen-bond acceptors (Lipinski definition) is 12. The minimum Gasteiger partial charge on any atom is -0.477 e. The molecule has 1 amide bonds. The van der Waals surface area contributed by atoms with Crippen molar-refractivity contribution in [2.45, 2.75) is 91.9 Å². The molecule has 4 rings (SSSR count). The van der Waals surface area contributed by atoms with Gasteiger partial charge in [-0.25, -0.2) is 4.79 Å². The van der Waals surface area contributed by atoms with Gasteiger partial charge >= 0.3 is 5.97 Å². The van der Waals surface area contributed by atoms with Crippen LogP contribution in [-0.4, -0.2) is 89.5 Å². The highest BCUT2D eigenvalue weighted by atomic mass is 16.6. The number of hydrogen-bond donors (Lipinski definition) is 5. The summed E-state index contributed by atoms with van der Waals surface area (Å²) in [5.74, 6) is -2.25. The standard InChI is InChI=1S/C16H20N2O6.C9H9NO5.C8H14O2.CH4/c1-10-6-14(18(23)24)12(7-11(10)8-19)16(22)17-5-3-2-4-13(17)15(21)9-20;1-5-2-8(10(14)15)7(9(12)13)3-6(5)4-11;9-6-8(10)7-4-2-1-3-5-7;/h6-7,13,19-20H,2-5,8-9H2,1H3;2-3,11H,4H2,1H3,(H,12,13);7,9H,1-6H2;1H4/t13-;;;/m1.../s1. The van der Waals surface area contributed by atoms with Gasteiger partial charge < -0.3 is 30.4 Å². The number of amides is 1. The first-order valence-electron chi connectivity index (χ1n) is 15.8. The van der Waals surface area contributed by atoms with Crippen LogP contribution in [-0.2, 0) is 22.8 Å². The van der Waals surface area contributed by atoms with Crippen LogP contribution >= 0.6 is 0 Å². The zero-order valence-corrected chi connectivity index (χ0v) is 27.5. The van der Waals surface area contributed by atoms with E-state index in [0.29, 0.717) is 41.6 Å². The molecule has 276 valence electrons. The third-order valence-electron chi connectivity index (χ3n) is 8.61. The molecular formula is C34H47N3O13. The molecule has 1 atom stereocenters. The van der Waals surface area contributed by atoms with Gasteiger partial charge in [0.25, 0.3) is 17.3 Å². The van der Waals surface area contributed by atoms with E-state index in [0.717, 1.165) is 44.2 Å². The molecule has 16 nitrogen and oxygen atoms in total. The summed E-state index contributed by atoms with van der Waals surface area (Å²) < 4.78 is 0. The molecule has 0 radical (unpaired) electrons. The van der Waals surface area contributed by atoms with Crippen LogP contribution in [0.3, 0.4) is 0 Å². The van der Waals surface area contributed by atoms with Gasteiger partial charge in [0.05, 0.1) is 29.1 Å². The minimum atomic E-state index is -1.38. The number of likely N-dealkylation sites (tertiary alicyclic amines) is 1. The lowest BCUT2D eigenvalue weighted by atomic mass is 9.86. The van der Waals surface area contributed by atoms with E-state index in [1.165, 1.54) is 23.5 Å². The van der Waals surface area contributed by atoms with Crippen molar-refractivity contribution in [2.24, 2.45) is 5.92 Å². The van der Waals surface area contributed by atoms with E-state index in [-0.39, 0.29) is 50.2 Å². The van der Waals surface area contributed by atoms with Crippen molar-refractivity contribution in [1.82, 2.24) is 4.90 Å². The number of benzene rings is 2. The first kappa shape index (κ1) is 43.4. The molecular weight excluding hydrogens is 658 g/mol. The summed E-state index contributed by atoms with van der Waals surface area (Å²) in [7, 11) is 0. The normalized spacial score (nSPS) is 15.6. The number of carboxylic acid groups (broad SMARTS) is 1. The van der Waals surface area contributed by atoms with Crippen LogP contribution in [0.15, 0.2) is 24.3 Å². The number of piperidine rings is 1. The van der Waals surface area contributed by atoms with E-state index >= 15 is 0 Å². The molecule has 50 heavy (non-hydrogen) atoms. The largest absolute Gasteiger partial charge is 0.477 e. The summed E-state index contributed by atoms with van der Waals surface area (Å²) in [6.45, 7) is 1.87. The van der Waals surface area contributed by atoms with Crippen molar-refractivity contribution < 1.29 is 54.6 Å². The number of nitro groups is 2. The molecule has 1 saturated heterocycles. The van der Waals surface area contributed by atoms with Crippen molar-refractivity contribution in [3.63, 3.8) is 0 Å². The number of carboxylic acids is 1. The molecule has 16 heteroatoms. The van der Waals surface area contributed by atoms with Gasteiger partial charge in [-0.15, -0.1) is 0 Å². The maximum absolute atomic E-state index is 12.8. The van der Waals surface area contributed by atoms with Crippen molar-refractivity contribution in [3.8, 4) is 0 Å². The van der Waals surface area contributed by atoms with Crippen LogP contribution in [0.4, 0.5) is 11.4 Å². The number of rotatable bonds is 10. The number of carbonyl (C=O) groups is 4. The highest BCUT2D eigenvalue weighted by Crippen LogP contribution is 2.29. The monoisotopic (exact) mass is 705 g/mol. The molecule has 1 aliphatic carbocycles. The predicted molar refractivity (Wildman–Crippen MR) is 181 cm³/mol. The number of nitrogens with zero attached hydrogens (tertiary/aromatic N) is 3. The molecule has 0 unspecified atom stereocenters. The highest BCUT2D eigenvalue weighted by Gasteiger charge is 2.35. The molecule has 0 aromatic heterocycles. The van der Waals surface area contributed by atoms with Crippen LogP contribution in [0.1, 0.15) is 102 Å². The second-order valence-corrected chi connectivity index (χ2v) is 11.8. The van der Waals surface area contributed by atoms with E-state index in [9.17, 15) is 44.5 Å².